The molecule has 0 amide bonds. The molecule has 2 aliphatic rings. The van der Waals surface area contributed by atoms with Crippen LogP contribution in [0.1, 0.15) is 52.4 Å². The van der Waals surface area contributed by atoms with E-state index < -0.39 is 0 Å². The molecule has 1 aliphatic heterocycles. The van der Waals surface area contributed by atoms with Gasteiger partial charge in [0.05, 0.1) is 6.10 Å². The Morgan fingerprint density at radius 2 is 2.12 bits per heavy atom. The highest BCUT2D eigenvalue weighted by atomic mass is 16.5. The van der Waals surface area contributed by atoms with E-state index in [0.717, 1.165) is 38.2 Å². The van der Waals surface area contributed by atoms with Crippen LogP contribution in [0.3, 0.4) is 0 Å². The Balaban J connectivity index is 1.95. The standard InChI is InChI=1S/C14H24O2/c1-3-13-12(7-8-16-13)14(15)11-6-4-5-10(2)9-11/h10-13H,3-9H2,1-2H3. The highest BCUT2D eigenvalue weighted by Crippen LogP contribution is 2.34. The van der Waals surface area contributed by atoms with E-state index in [4.69, 9.17) is 4.74 Å². The van der Waals surface area contributed by atoms with Crippen LogP contribution in [0.25, 0.3) is 0 Å². The number of Topliss-reactive ketones (excluding diaryl/α,β-unsaturated/α-hetero) is 1. The van der Waals surface area contributed by atoms with Crippen molar-refractivity contribution in [2.75, 3.05) is 6.61 Å². The molecule has 2 rings (SSSR count). The molecule has 4 atom stereocenters. The summed E-state index contributed by atoms with van der Waals surface area (Å²) in [4.78, 5) is 12.4. The third-order valence-corrected chi connectivity index (χ3v) is 4.32. The zero-order valence-electron chi connectivity index (χ0n) is 10.6. The molecule has 1 aliphatic carbocycles. The Morgan fingerprint density at radius 3 is 2.81 bits per heavy atom. The normalized spacial score (nSPS) is 39.9. The van der Waals surface area contributed by atoms with Crippen molar-refractivity contribution in [2.24, 2.45) is 17.8 Å². The molecule has 16 heavy (non-hydrogen) atoms. The Morgan fingerprint density at radius 1 is 1.31 bits per heavy atom. The summed E-state index contributed by atoms with van der Waals surface area (Å²) >= 11 is 0. The summed E-state index contributed by atoms with van der Waals surface area (Å²) in [6.45, 7) is 5.19. The molecule has 0 aromatic heterocycles. The quantitative estimate of drug-likeness (QED) is 0.736. The summed E-state index contributed by atoms with van der Waals surface area (Å²) in [5.74, 6) is 1.80. The molecule has 1 saturated heterocycles. The van der Waals surface area contributed by atoms with Gasteiger partial charge in [-0.1, -0.05) is 26.7 Å². The molecule has 0 bridgehead atoms. The summed E-state index contributed by atoms with van der Waals surface area (Å²) in [6.07, 6.45) is 6.94. The summed E-state index contributed by atoms with van der Waals surface area (Å²) in [5.41, 5.74) is 0. The average molecular weight is 224 g/mol. The Labute approximate surface area is 98.7 Å². The molecule has 92 valence electrons. The SMILES string of the molecule is CCC1OCCC1C(=O)C1CCCC(C)C1. The summed E-state index contributed by atoms with van der Waals surface area (Å²) in [5, 5.41) is 0. The lowest BCUT2D eigenvalue weighted by molar-refractivity contribution is -0.130. The number of rotatable bonds is 3. The third kappa shape index (κ3) is 2.48. The fourth-order valence-corrected chi connectivity index (χ4v) is 3.37. The van der Waals surface area contributed by atoms with Crippen molar-refractivity contribution in [3.8, 4) is 0 Å². The largest absolute Gasteiger partial charge is 0.377 e. The van der Waals surface area contributed by atoms with Crippen LogP contribution >= 0.6 is 0 Å². The van der Waals surface area contributed by atoms with Gasteiger partial charge < -0.3 is 4.74 Å². The topological polar surface area (TPSA) is 26.3 Å². The number of carbonyl (C=O) groups excluding carboxylic acids is 1. The van der Waals surface area contributed by atoms with Crippen molar-refractivity contribution in [3.05, 3.63) is 0 Å². The Hall–Kier alpha value is -0.370. The van der Waals surface area contributed by atoms with E-state index >= 15 is 0 Å². The van der Waals surface area contributed by atoms with E-state index in [9.17, 15) is 4.79 Å². The predicted octanol–water partition coefficient (Wildman–Crippen LogP) is 3.20. The minimum absolute atomic E-state index is 0.209. The molecular weight excluding hydrogens is 200 g/mol. The molecule has 2 fully saturated rings. The minimum Gasteiger partial charge on any atom is -0.377 e. The molecule has 0 N–H and O–H groups in total. The fraction of sp³-hybridized carbons (Fsp3) is 0.929. The van der Waals surface area contributed by atoms with Gasteiger partial charge in [-0.25, -0.2) is 0 Å². The lowest BCUT2D eigenvalue weighted by Gasteiger charge is -2.28. The van der Waals surface area contributed by atoms with E-state index in [-0.39, 0.29) is 12.0 Å². The van der Waals surface area contributed by atoms with Crippen LogP contribution in [0.15, 0.2) is 0 Å². The van der Waals surface area contributed by atoms with Crippen molar-refractivity contribution in [1.82, 2.24) is 0 Å². The van der Waals surface area contributed by atoms with Crippen LogP contribution in [-0.2, 0) is 9.53 Å². The molecule has 1 heterocycles. The van der Waals surface area contributed by atoms with Gasteiger partial charge in [-0.2, -0.15) is 0 Å². The Bertz CT molecular complexity index is 249. The monoisotopic (exact) mass is 224 g/mol. The van der Waals surface area contributed by atoms with Crippen molar-refractivity contribution in [3.63, 3.8) is 0 Å². The molecule has 0 radical (unpaired) electrons. The second kappa shape index (κ2) is 5.31. The summed E-state index contributed by atoms with van der Waals surface area (Å²) in [7, 11) is 0. The fourth-order valence-electron chi connectivity index (χ4n) is 3.37. The van der Waals surface area contributed by atoms with Gasteiger partial charge in [-0.05, 0) is 31.6 Å². The Kier molecular flexibility index (Phi) is 4.01. The first-order valence-corrected chi connectivity index (χ1v) is 6.87. The van der Waals surface area contributed by atoms with Gasteiger partial charge >= 0.3 is 0 Å². The zero-order chi connectivity index (χ0) is 11.5. The van der Waals surface area contributed by atoms with Crippen LogP contribution < -0.4 is 0 Å². The summed E-state index contributed by atoms with van der Waals surface area (Å²) in [6, 6.07) is 0. The first kappa shape index (κ1) is 12.1. The lowest BCUT2D eigenvalue weighted by atomic mass is 9.76. The zero-order valence-corrected chi connectivity index (χ0v) is 10.6. The van der Waals surface area contributed by atoms with Gasteiger partial charge in [-0.3, -0.25) is 4.79 Å². The second-order valence-corrected chi connectivity index (χ2v) is 5.58. The number of hydrogen-bond acceptors (Lipinski definition) is 2. The van der Waals surface area contributed by atoms with Gasteiger partial charge in [0.15, 0.2) is 0 Å². The van der Waals surface area contributed by atoms with E-state index in [2.05, 4.69) is 13.8 Å². The summed E-state index contributed by atoms with van der Waals surface area (Å²) < 4.78 is 5.63. The molecule has 0 aromatic rings. The van der Waals surface area contributed by atoms with E-state index in [1.165, 1.54) is 12.8 Å². The molecule has 2 heteroatoms. The van der Waals surface area contributed by atoms with E-state index in [0.29, 0.717) is 11.7 Å². The van der Waals surface area contributed by atoms with Gasteiger partial charge in [0.25, 0.3) is 0 Å². The molecule has 0 aromatic carbocycles. The number of hydrogen-bond donors (Lipinski definition) is 0. The van der Waals surface area contributed by atoms with E-state index in [1.807, 2.05) is 0 Å². The molecule has 2 nitrogen and oxygen atoms in total. The van der Waals surface area contributed by atoms with Gasteiger partial charge in [-0.15, -0.1) is 0 Å². The average Bonchev–Trinajstić information content (AvgIpc) is 2.76. The van der Waals surface area contributed by atoms with Gasteiger partial charge in [0.2, 0.25) is 0 Å². The maximum absolute atomic E-state index is 12.4. The predicted molar refractivity (Wildman–Crippen MR) is 64.3 cm³/mol. The molecule has 0 spiro atoms. The van der Waals surface area contributed by atoms with Crippen molar-refractivity contribution >= 4 is 5.78 Å². The number of ketones is 1. The van der Waals surface area contributed by atoms with Crippen LogP contribution in [0, 0.1) is 17.8 Å². The van der Waals surface area contributed by atoms with Crippen molar-refractivity contribution in [1.29, 1.82) is 0 Å². The van der Waals surface area contributed by atoms with Crippen LogP contribution in [0.4, 0.5) is 0 Å². The first-order valence-electron chi connectivity index (χ1n) is 6.87. The minimum atomic E-state index is 0.209. The third-order valence-electron chi connectivity index (χ3n) is 4.32. The number of carbonyl (C=O) groups is 1. The van der Waals surface area contributed by atoms with Gasteiger partial charge in [0, 0.05) is 18.4 Å². The maximum Gasteiger partial charge on any atom is 0.141 e. The highest BCUT2D eigenvalue weighted by Gasteiger charge is 2.37. The van der Waals surface area contributed by atoms with Crippen molar-refractivity contribution < 1.29 is 9.53 Å². The smallest absolute Gasteiger partial charge is 0.141 e. The molecular formula is C14H24O2. The lowest BCUT2D eigenvalue weighted by Crippen LogP contribution is -2.32. The van der Waals surface area contributed by atoms with Crippen molar-refractivity contribution in [2.45, 2.75) is 58.5 Å². The molecule has 4 unspecified atom stereocenters. The maximum atomic E-state index is 12.4. The highest BCUT2D eigenvalue weighted by molar-refractivity contribution is 5.84. The molecule has 1 saturated carbocycles. The van der Waals surface area contributed by atoms with E-state index in [1.54, 1.807) is 0 Å². The second-order valence-electron chi connectivity index (χ2n) is 5.58. The van der Waals surface area contributed by atoms with Crippen LogP contribution in [-0.4, -0.2) is 18.5 Å². The first-order chi connectivity index (χ1) is 7.72. The number of ether oxygens (including phenoxy) is 1. The van der Waals surface area contributed by atoms with Gasteiger partial charge in [0.1, 0.15) is 5.78 Å². The van der Waals surface area contributed by atoms with Crippen LogP contribution in [0.5, 0.6) is 0 Å². The van der Waals surface area contributed by atoms with Crippen LogP contribution in [0.2, 0.25) is 0 Å².